The summed E-state index contributed by atoms with van der Waals surface area (Å²) in [5.41, 5.74) is 0. The molecule has 0 atom stereocenters. The molecular formula is C11H12BrF3N2O3S. The van der Waals surface area contributed by atoms with Crippen LogP contribution in [0.25, 0.3) is 0 Å². The molecule has 1 N–H and O–H groups in total. The Labute approximate surface area is 131 Å². The summed E-state index contributed by atoms with van der Waals surface area (Å²) >= 11 is 4.57. The van der Waals surface area contributed by atoms with Crippen LogP contribution in [0.2, 0.25) is 0 Å². The van der Waals surface area contributed by atoms with Crippen LogP contribution in [0.1, 0.15) is 4.88 Å². The third-order valence-electron chi connectivity index (χ3n) is 2.31. The van der Waals surface area contributed by atoms with E-state index in [1.165, 1.54) is 18.4 Å². The Bertz CT molecular complexity index is 521. The average molecular weight is 389 g/mol. The van der Waals surface area contributed by atoms with Crippen molar-refractivity contribution < 1.29 is 27.9 Å². The number of aliphatic carboxylic acids is 1. The lowest BCUT2D eigenvalue weighted by atomic mass is 10.4. The highest BCUT2D eigenvalue weighted by molar-refractivity contribution is 9.10. The van der Waals surface area contributed by atoms with E-state index >= 15 is 0 Å². The first kappa shape index (κ1) is 17.8. The second-order valence-electron chi connectivity index (χ2n) is 4.23. The van der Waals surface area contributed by atoms with Gasteiger partial charge in [-0.2, -0.15) is 13.2 Å². The zero-order valence-electron chi connectivity index (χ0n) is 10.9. The maximum absolute atomic E-state index is 12.4. The molecule has 0 aliphatic rings. The standard InChI is InChI=1S/C11H12BrF3N2O3S/c1-16(3-8-2-7(12)5-21-8)10(20)17(4-9(18)19)6-11(13,14)15/h2,5H,3-4,6H2,1H3,(H,18,19). The van der Waals surface area contributed by atoms with Crippen LogP contribution in [0.3, 0.4) is 0 Å². The molecule has 118 valence electrons. The number of carbonyl (C=O) groups is 2. The average Bonchev–Trinajstić information content (AvgIpc) is 2.70. The summed E-state index contributed by atoms with van der Waals surface area (Å²) < 4.78 is 38.0. The van der Waals surface area contributed by atoms with Gasteiger partial charge >= 0.3 is 18.2 Å². The number of hydrogen-bond donors (Lipinski definition) is 1. The van der Waals surface area contributed by atoms with Crippen molar-refractivity contribution in [2.24, 2.45) is 0 Å². The number of rotatable bonds is 5. The number of carboxylic acids is 1. The quantitative estimate of drug-likeness (QED) is 0.843. The van der Waals surface area contributed by atoms with Gasteiger partial charge in [0, 0.05) is 21.8 Å². The Morgan fingerprint density at radius 1 is 1.43 bits per heavy atom. The first-order chi connectivity index (χ1) is 9.58. The summed E-state index contributed by atoms with van der Waals surface area (Å²) in [5.74, 6) is -1.50. The normalized spacial score (nSPS) is 11.3. The van der Waals surface area contributed by atoms with E-state index in [1.807, 2.05) is 0 Å². The minimum atomic E-state index is -4.65. The SMILES string of the molecule is CN(Cc1cc(Br)cs1)C(=O)N(CC(=O)O)CC(F)(F)F. The fourth-order valence-electron chi connectivity index (χ4n) is 1.55. The van der Waals surface area contributed by atoms with Crippen molar-refractivity contribution in [1.29, 1.82) is 0 Å². The Kier molecular flexibility index (Phi) is 6.02. The Balaban J connectivity index is 2.75. The zero-order valence-corrected chi connectivity index (χ0v) is 13.3. The molecule has 0 aliphatic heterocycles. The Morgan fingerprint density at radius 3 is 2.48 bits per heavy atom. The van der Waals surface area contributed by atoms with Crippen molar-refractivity contribution in [2.75, 3.05) is 20.1 Å². The number of carboxylic acid groups (broad SMARTS) is 1. The van der Waals surface area contributed by atoms with Crippen LogP contribution in [-0.2, 0) is 11.3 Å². The van der Waals surface area contributed by atoms with E-state index in [0.29, 0.717) is 0 Å². The molecule has 0 aromatic carbocycles. The minimum absolute atomic E-state index is 0.100. The smallest absolute Gasteiger partial charge is 0.406 e. The number of hydrogen-bond acceptors (Lipinski definition) is 3. The molecule has 5 nitrogen and oxygen atoms in total. The lowest BCUT2D eigenvalue weighted by Crippen LogP contribution is -2.47. The van der Waals surface area contributed by atoms with Crippen LogP contribution >= 0.6 is 27.3 Å². The molecule has 0 spiro atoms. The number of alkyl halides is 3. The van der Waals surface area contributed by atoms with Gasteiger partial charge in [-0.15, -0.1) is 11.3 Å². The summed E-state index contributed by atoms with van der Waals surface area (Å²) in [6, 6.07) is 0.749. The second kappa shape index (κ2) is 7.12. The number of halogens is 4. The summed E-state index contributed by atoms with van der Waals surface area (Å²) in [6.45, 7) is -2.50. The predicted molar refractivity (Wildman–Crippen MR) is 74.1 cm³/mol. The van der Waals surface area contributed by atoms with Crippen molar-refractivity contribution in [3.8, 4) is 0 Å². The lowest BCUT2D eigenvalue weighted by Gasteiger charge is -2.27. The molecule has 1 heterocycles. The third-order valence-corrected chi connectivity index (χ3v) is 3.99. The topological polar surface area (TPSA) is 60.9 Å². The van der Waals surface area contributed by atoms with Gasteiger partial charge in [0.25, 0.3) is 0 Å². The van der Waals surface area contributed by atoms with Gasteiger partial charge in [-0.1, -0.05) is 0 Å². The largest absolute Gasteiger partial charge is 0.480 e. The zero-order chi connectivity index (χ0) is 16.2. The molecule has 2 amide bonds. The van der Waals surface area contributed by atoms with Crippen LogP contribution in [0.4, 0.5) is 18.0 Å². The monoisotopic (exact) mass is 388 g/mol. The van der Waals surface area contributed by atoms with E-state index in [2.05, 4.69) is 15.9 Å². The van der Waals surface area contributed by atoms with Crippen molar-refractivity contribution in [3.63, 3.8) is 0 Å². The number of amides is 2. The highest BCUT2D eigenvalue weighted by Gasteiger charge is 2.35. The predicted octanol–water partition coefficient (Wildman–Crippen LogP) is 3.01. The maximum atomic E-state index is 12.4. The first-order valence-corrected chi connectivity index (χ1v) is 7.27. The van der Waals surface area contributed by atoms with E-state index in [0.717, 1.165) is 14.2 Å². The van der Waals surface area contributed by atoms with Crippen molar-refractivity contribution >= 4 is 39.3 Å². The molecule has 1 aromatic heterocycles. The van der Waals surface area contributed by atoms with E-state index < -0.39 is 31.3 Å². The number of urea groups is 1. The molecule has 0 saturated carbocycles. The van der Waals surface area contributed by atoms with Crippen LogP contribution in [0.15, 0.2) is 15.9 Å². The maximum Gasteiger partial charge on any atom is 0.406 e. The molecule has 21 heavy (non-hydrogen) atoms. The number of thiophene rings is 1. The fourth-order valence-corrected chi connectivity index (χ4v) is 3.05. The summed E-state index contributed by atoms with van der Waals surface area (Å²) in [4.78, 5) is 24.6. The molecular weight excluding hydrogens is 377 g/mol. The van der Waals surface area contributed by atoms with E-state index in [1.54, 1.807) is 11.4 Å². The van der Waals surface area contributed by atoms with E-state index in [-0.39, 0.29) is 11.4 Å². The van der Waals surface area contributed by atoms with Gasteiger partial charge in [-0.25, -0.2) is 4.79 Å². The van der Waals surface area contributed by atoms with Gasteiger partial charge in [0.1, 0.15) is 13.1 Å². The van der Waals surface area contributed by atoms with Gasteiger partial charge in [-0.05, 0) is 22.0 Å². The minimum Gasteiger partial charge on any atom is -0.480 e. The van der Waals surface area contributed by atoms with Crippen LogP contribution in [0.5, 0.6) is 0 Å². The van der Waals surface area contributed by atoms with Crippen LogP contribution in [-0.4, -0.2) is 53.2 Å². The third kappa shape index (κ3) is 6.34. The molecule has 1 aromatic rings. The first-order valence-electron chi connectivity index (χ1n) is 5.60. The summed E-state index contributed by atoms with van der Waals surface area (Å²) in [5, 5.41) is 10.4. The van der Waals surface area contributed by atoms with Crippen LogP contribution < -0.4 is 0 Å². The number of nitrogens with zero attached hydrogens (tertiary/aromatic N) is 2. The molecule has 1 rings (SSSR count). The highest BCUT2D eigenvalue weighted by atomic mass is 79.9. The molecule has 0 saturated heterocycles. The van der Waals surface area contributed by atoms with Gasteiger partial charge in [0.05, 0.1) is 6.54 Å². The van der Waals surface area contributed by atoms with Crippen molar-refractivity contribution in [2.45, 2.75) is 12.7 Å². The van der Waals surface area contributed by atoms with E-state index in [9.17, 15) is 22.8 Å². The van der Waals surface area contributed by atoms with Gasteiger partial charge in [-0.3, -0.25) is 4.79 Å². The van der Waals surface area contributed by atoms with Crippen molar-refractivity contribution in [1.82, 2.24) is 9.80 Å². The molecule has 0 fully saturated rings. The van der Waals surface area contributed by atoms with Gasteiger partial charge in [0.2, 0.25) is 0 Å². The number of carbonyl (C=O) groups excluding carboxylic acids is 1. The van der Waals surface area contributed by atoms with Crippen molar-refractivity contribution in [3.05, 3.63) is 20.8 Å². The molecule has 0 aliphatic carbocycles. The van der Waals surface area contributed by atoms with E-state index in [4.69, 9.17) is 5.11 Å². The summed E-state index contributed by atoms with van der Waals surface area (Å²) in [7, 11) is 1.32. The van der Waals surface area contributed by atoms with Crippen LogP contribution in [0, 0.1) is 0 Å². The van der Waals surface area contributed by atoms with Gasteiger partial charge in [0.15, 0.2) is 0 Å². The Hall–Kier alpha value is -1.29. The Morgan fingerprint density at radius 2 is 2.05 bits per heavy atom. The lowest BCUT2D eigenvalue weighted by molar-refractivity contribution is -0.149. The highest BCUT2D eigenvalue weighted by Crippen LogP contribution is 2.22. The summed E-state index contributed by atoms with van der Waals surface area (Å²) in [6.07, 6.45) is -4.65. The fraction of sp³-hybridized carbons (Fsp3) is 0.455. The molecule has 10 heteroatoms. The second-order valence-corrected chi connectivity index (χ2v) is 6.15. The van der Waals surface area contributed by atoms with Gasteiger partial charge < -0.3 is 14.9 Å². The molecule has 0 unspecified atom stereocenters. The molecule has 0 bridgehead atoms. The molecule has 0 radical (unpaired) electrons.